The molecule has 6 aliphatic rings. The van der Waals surface area contributed by atoms with Crippen LogP contribution in [0.1, 0.15) is 64.7 Å². The Kier molecular flexibility index (Phi) is 6.39. The highest BCUT2D eigenvalue weighted by molar-refractivity contribution is 5.85. The molecule has 4 saturated carbocycles. The standard InChI is InChI=1S/C28H40O10/c1-25-6-3-18-19(28(25,35)9-5-17(25)15-10-21(31)36-12-15)4-8-27(34)11-16(2-7-26(18,27)14-29)38-24-23(33)22(32)20(30)13-37-24/h10,14,16-20,22-24,30,32-35H,2-9,11-13H2,1H3/t16-,17+,18-,19+,20+,22+,23+,24+,25+,26-,27-,28-/m0/s1. The average Bonchev–Trinajstić information content (AvgIpc) is 3.43. The van der Waals surface area contributed by atoms with Gasteiger partial charge in [-0.05, 0) is 74.7 Å². The minimum atomic E-state index is -1.42. The predicted octanol–water partition coefficient (Wildman–Crippen LogP) is 0.362. The van der Waals surface area contributed by atoms with Crippen LogP contribution in [0.15, 0.2) is 11.6 Å². The summed E-state index contributed by atoms with van der Waals surface area (Å²) in [5.41, 5.74) is -2.83. The van der Waals surface area contributed by atoms with Crippen LogP contribution in [0.3, 0.4) is 0 Å². The van der Waals surface area contributed by atoms with E-state index in [2.05, 4.69) is 6.92 Å². The third kappa shape index (κ3) is 3.57. The van der Waals surface area contributed by atoms with Crippen molar-refractivity contribution in [3.05, 3.63) is 11.6 Å². The van der Waals surface area contributed by atoms with Crippen molar-refractivity contribution in [1.29, 1.82) is 0 Å². The second-order valence-electron chi connectivity index (χ2n) is 13.0. The Bertz CT molecular complexity index is 1020. The van der Waals surface area contributed by atoms with Gasteiger partial charge in [-0.25, -0.2) is 4.79 Å². The second-order valence-corrected chi connectivity index (χ2v) is 13.0. The van der Waals surface area contributed by atoms with Gasteiger partial charge >= 0.3 is 5.97 Å². The van der Waals surface area contributed by atoms with Crippen LogP contribution in [0.25, 0.3) is 0 Å². The Morgan fingerprint density at radius 2 is 1.76 bits per heavy atom. The van der Waals surface area contributed by atoms with E-state index in [0.29, 0.717) is 44.9 Å². The van der Waals surface area contributed by atoms with Crippen molar-refractivity contribution in [2.24, 2.45) is 28.6 Å². The molecule has 10 nitrogen and oxygen atoms in total. The summed E-state index contributed by atoms with van der Waals surface area (Å²) in [6.07, 6.45) is 1.56. The summed E-state index contributed by atoms with van der Waals surface area (Å²) in [7, 11) is 0. The van der Waals surface area contributed by atoms with E-state index in [1.54, 1.807) is 6.08 Å². The number of ether oxygens (including phenoxy) is 3. The smallest absolute Gasteiger partial charge is 0.331 e. The molecule has 10 heteroatoms. The maximum Gasteiger partial charge on any atom is 0.331 e. The zero-order valence-electron chi connectivity index (χ0n) is 21.8. The molecular weight excluding hydrogens is 496 g/mol. The lowest BCUT2D eigenvalue weighted by atomic mass is 9.41. The van der Waals surface area contributed by atoms with Gasteiger partial charge in [0.2, 0.25) is 0 Å². The quantitative estimate of drug-likeness (QED) is 0.193. The number of hydrogen-bond acceptors (Lipinski definition) is 10. The fourth-order valence-electron chi connectivity index (χ4n) is 9.52. The number of fused-ring (bicyclic) bond motifs is 5. The van der Waals surface area contributed by atoms with Crippen LogP contribution in [0.5, 0.6) is 0 Å². The number of esters is 1. The summed E-state index contributed by atoms with van der Waals surface area (Å²) in [6, 6.07) is 0. The van der Waals surface area contributed by atoms with Gasteiger partial charge in [0.15, 0.2) is 6.29 Å². The first-order valence-electron chi connectivity index (χ1n) is 14.1. The summed E-state index contributed by atoms with van der Waals surface area (Å²) in [5.74, 6) is -0.604. The average molecular weight is 537 g/mol. The van der Waals surface area contributed by atoms with Crippen LogP contribution in [-0.4, -0.2) is 92.9 Å². The number of aliphatic hydroxyl groups is 5. The lowest BCUT2D eigenvalue weighted by Crippen LogP contribution is -2.69. The van der Waals surface area contributed by atoms with E-state index in [4.69, 9.17) is 14.2 Å². The molecule has 6 rings (SSSR count). The molecule has 0 unspecified atom stereocenters. The van der Waals surface area contributed by atoms with Crippen LogP contribution < -0.4 is 0 Å². The molecule has 0 bridgehead atoms. The highest BCUT2D eigenvalue weighted by atomic mass is 16.7. The number of hydrogen-bond donors (Lipinski definition) is 5. The molecule has 2 heterocycles. The molecule has 212 valence electrons. The molecule has 4 aliphatic carbocycles. The van der Waals surface area contributed by atoms with E-state index in [1.165, 1.54) is 0 Å². The SMILES string of the molecule is C[C@]12CC[C@H]3[C@@H](CC[C@]4(O)C[C@@H](O[C@H]5OC[C@@H](O)[C@@H](O)[C@H]5O)CC[C@]34C=O)[C@@]1(O)CC[C@@H]2C1=CC(=O)OC1. The summed E-state index contributed by atoms with van der Waals surface area (Å²) in [5, 5.41) is 54.4. The molecular formula is C28H40O10. The van der Waals surface area contributed by atoms with E-state index in [-0.39, 0.29) is 43.4 Å². The first-order chi connectivity index (χ1) is 18.0. The minimum absolute atomic E-state index is 0.0489. The van der Waals surface area contributed by atoms with Crippen LogP contribution in [0.2, 0.25) is 0 Å². The Labute approximate surface area is 222 Å². The highest BCUT2D eigenvalue weighted by Crippen LogP contribution is 2.70. The Morgan fingerprint density at radius 3 is 2.47 bits per heavy atom. The summed E-state index contributed by atoms with van der Waals surface area (Å²) in [6.45, 7) is 2.22. The fraction of sp³-hybridized carbons (Fsp3) is 0.857. The van der Waals surface area contributed by atoms with E-state index in [9.17, 15) is 35.1 Å². The van der Waals surface area contributed by atoms with Crippen molar-refractivity contribution >= 4 is 12.3 Å². The van der Waals surface area contributed by atoms with Crippen molar-refractivity contribution in [3.63, 3.8) is 0 Å². The van der Waals surface area contributed by atoms with Gasteiger partial charge < -0.3 is 44.5 Å². The molecule has 0 aromatic carbocycles. The summed E-state index contributed by atoms with van der Waals surface area (Å²) in [4.78, 5) is 24.7. The number of carbonyl (C=O) groups excluding carboxylic acids is 2. The van der Waals surface area contributed by atoms with E-state index < -0.39 is 52.7 Å². The van der Waals surface area contributed by atoms with Crippen molar-refractivity contribution in [2.45, 2.75) is 107 Å². The predicted molar refractivity (Wildman–Crippen MR) is 130 cm³/mol. The second kappa shape index (κ2) is 9.06. The van der Waals surface area contributed by atoms with Gasteiger partial charge in [-0.3, -0.25) is 0 Å². The summed E-state index contributed by atoms with van der Waals surface area (Å²) >= 11 is 0. The first-order valence-corrected chi connectivity index (χ1v) is 14.1. The molecule has 5 fully saturated rings. The van der Waals surface area contributed by atoms with Gasteiger partial charge in [-0.1, -0.05) is 6.92 Å². The number of cyclic esters (lactones) is 1. The van der Waals surface area contributed by atoms with Crippen molar-refractivity contribution in [2.75, 3.05) is 13.2 Å². The Hall–Kier alpha value is -1.40. The van der Waals surface area contributed by atoms with Gasteiger partial charge in [0.1, 0.15) is 31.2 Å². The van der Waals surface area contributed by atoms with E-state index in [0.717, 1.165) is 18.3 Å². The van der Waals surface area contributed by atoms with E-state index in [1.807, 2.05) is 0 Å². The van der Waals surface area contributed by atoms with Gasteiger partial charge in [0.25, 0.3) is 0 Å². The topological polar surface area (TPSA) is 163 Å². The van der Waals surface area contributed by atoms with E-state index >= 15 is 0 Å². The Morgan fingerprint density at radius 1 is 1.00 bits per heavy atom. The minimum Gasteiger partial charge on any atom is -0.458 e. The molecule has 12 atom stereocenters. The number of carbonyl (C=O) groups is 2. The van der Waals surface area contributed by atoms with Crippen molar-refractivity contribution in [3.8, 4) is 0 Å². The molecule has 0 amide bonds. The molecule has 0 spiro atoms. The number of rotatable bonds is 4. The maximum absolute atomic E-state index is 12.9. The maximum atomic E-state index is 12.9. The third-order valence-electron chi connectivity index (χ3n) is 11.6. The van der Waals surface area contributed by atoms with Gasteiger partial charge in [-0.15, -0.1) is 0 Å². The van der Waals surface area contributed by atoms with Gasteiger partial charge in [-0.2, -0.15) is 0 Å². The largest absolute Gasteiger partial charge is 0.458 e. The molecule has 38 heavy (non-hydrogen) atoms. The molecule has 0 radical (unpaired) electrons. The monoisotopic (exact) mass is 536 g/mol. The zero-order valence-corrected chi connectivity index (χ0v) is 21.8. The fourth-order valence-corrected chi connectivity index (χ4v) is 9.52. The first kappa shape index (κ1) is 26.8. The van der Waals surface area contributed by atoms with Crippen LogP contribution in [-0.2, 0) is 23.8 Å². The summed E-state index contributed by atoms with van der Waals surface area (Å²) < 4.78 is 16.6. The lowest BCUT2D eigenvalue weighted by molar-refractivity contribution is -0.301. The highest BCUT2D eigenvalue weighted by Gasteiger charge is 2.71. The number of aliphatic hydroxyl groups excluding tert-OH is 3. The van der Waals surface area contributed by atoms with Gasteiger partial charge in [0, 0.05) is 17.9 Å². The molecule has 0 aromatic rings. The molecule has 2 aliphatic heterocycles. The molecule has 5 N–H and O–H groups in total. The van der Waals surface area contributed by atoms with Gasteiger partial charge in [0.05, 0.1) is 29.3 Å². The zero-order chi connectivity index (χ0) is 27.1. The third-order valence-corrected chi connectivity index (χ3v) is 11.6. The Balaban J connectivity index is 1.22. The lowest BCUT2D eigenvalue weighted by Gasteiger charge is -2.65. The molecule has 0 aromatic heterocycles. The molecule has 1 saturated heterocycles. The van der Waals surface area contributed by atoms with Crippen LogP contribution >= 0.6 is 0 Å². The van der Waals surface area contributed by atoms with Crippen molar-refractivity contribution < 1.29 is 49.3 Å². The van der Waals surface area contributed by atoms with Crippen LogP contribution in [0.4, 0.5) is 0 Å². The normalized spacial score (nSPS) is 54.4. The van der Waals surface area contributed by atoms with Crippen molar-refractivity contribution in [1.82, 2.24) is 0 Å². The van der Waals surface area contributed by atoms with Crippen LogP contribution in [0, 0.1) is 28.6 Å². The number of aldehydes is 1.